The Morgan fingerprint density at radius 2 is 1.38 bits per heavy atom. The summed E-state index contributed by atoms with van der Waals surface area (Å²) in [6.07, 6.45) is 3.05. The third-order valence-electron chi connectivity index (χ3n) is 5.18. The first-order valence-electron chi connectivity index (χ1n) is 11.1. The molecule has 9 heteroatoms. The standard InChI is InChI=1S/C28H26O9/c1-33-25-14-18(7-12-23(25)36-16-19-4-8-20(9-5-19)28(32)35-3)6-11-22(29)21-10-13-24(26(15-21)34-2)37-17-27(30)31/h4-15H,16-17H2,1-3H3,(H,30,31). The number of allylic oxidation sites excluding steroid dienone is 1. The van der Waals surface area contributed by atoms with Gasteiger partial charge in [0, 0.05) is 5.56 Å². The van der Waals surface area contributed by atoms with Crippen molar-refractivity contribution < 1.29 is 43.2 Å². The van der Waals surface area contributed by atoms with Gasteiger partial charge in [-0.25, -0.2) is 9.59 Å². The fourth-order valence-corrected chi connectivity index (χ4v) is 3.27. The molecule has 1 N–H and O–H groups in total. The normalized spacial score (nSPS) is 10.6. The molecule has 0 aromatic heterocycles. The molecule has 0 aliphatic carbocycles. The Labute approximate surface area is 213 Å². The highest BCUT2D eigenvalue weighted by Crippen LogP contribution is 2.30. The third-order valence-corrected chi connectivity index (χ3v) is 5.18. The summed E-state index contributed by atoms with van der Waals surface area (Å²) in [5, 5.41) is 8.77. The average molecular weight is 507 g/mol. The largest absolute Gasteiger partial charge is 0.493 e. The van der Waals surface area contributed by atoms with Crippen LogP contribution in [0.1, 0.15) is 31.8 Å². The molecule has 0 radical (unpaired) electrons. The fourth-order valence-electron chi connectivity index (χ4n) is 3.27. The number of carbonyl (C=O) groups excluding carboxylic acids is 2. The van der Waals surface area contributed by atoms with Gasteiger partial charge in [0.25, 0.3) is 0 Å². The molecule has 0 spiro atoms. The van der Waals surface area contributed by atoms with Crippen molar-refractivity contribution in [3.8, 4) is 23.0 Å². The lowest BCUT2D eigenvalue weighted by Gasteiger charge is -2.12. The molecule has 0 aliphatic heterocycles. The van der Waals surface area contributed by atoms with Crippen LogP contribution in [0.3, 0.4) is 0 Å². The number of rotatable bonds is 12. The van der Waals surface area contributed by atoms with E-state index in [1.165, 1.54) is 45.6 Å². The first-order valence-corrected chi connectivity index (χ1v) is 11.1. The maximum Gasteiger partial charge on any atom is 0.341 e. The van der Waals surface area contributed by atoms with Crippen LogP contribution in [-0.2, 0) is 16.1 Å². The molecule has 0 unspecified atom stereocenters. The highest BCUT2D eigenvalue weighted by Gasteiger charge is 2.12. The van der Waals surface area contributed by atoms with E-state index >= 15 is 0 Å². The van der Waals surface area contributed by atoms with Crippen molar-refractivity contribution in [1.82, 2.24) is 0 Å². The van der Waals surface area contributed by atoms with Gasteiger partial charge in [-0.3, -0.25) is 4.79 Å². The molecule has 0 atom stereocenters. The molecule has 192 valence electrons. The van der Waals surface area contributed by atoms with Crippen molar-refractivity contribution in [3.05, 3.63) is 89.0 Å². The lowest BCUT2D eigenvalue weighted by molar-refractivity contribution is -0.139. The number of hydrogen-bond donors (Lipinski definition) is 1. The number of esters is 1. The number of ketones is 1. The van der Waals surface area contributed by atoms with Gasteiger partial charge < -0.3 is 28.8 Å². The van der Waals surface area contributed by atoms with Gasteiger partial charge in [-0.05, 0) is 59.7 Å². The Balaban J connectivity index is 1.66. The van der Waals surface area contributed by atoms with Gasteiger partial charge in [0.2, 0.25) is 0 Å². The Morgan fingerprint density at radius 3 is 2.03 bits per heavy atom. The Hall–Kier alpha value is -4.79. The summed E-state index contributed by atoms with van der Waals surface area (Å²) in [7, 11) is 4.25. The van der Waals surface area contributed by atoms with Crippen molar-refractivity contribution in [1.29, 1.82) is 0 Å². The molecule has 0 saturated heterocycles. The van der Waals surface area contributed by atoms with E-state index in [-0.39, 0.29) is 23.9 Å². The van der Waals surface area contributed by atoms with Crippen LogP contribution in [0.25, 0.3) is 6.08 Å². The van der Waals surface area contributed by atoms with Gasteiger partial charge in [-0.2, -0.15) is 0 Å². The maximum atomic E-state index is 12.7. The minimum Gasteiger partial charge on any atom is -0.493 e. The first-order chi connectivity index (χ1) is 17.8. The van der Waals surface area contributed by atoms with Crippen LogP contribution >= 0.6 is 0 Å². The second-order valence-corrected chi connectivity index (χ2v) is 7.63. The zero-order chi connectivity index (χ0) is 26.8. The zero-order valence-electron chi connectivity index (χ0n) is 20.6. The molecule has 0 bridgehead atoms. The lowest BCUT2D eigenvalue weighted by Crippen LogP contribution is -2.10. The number of aliphatic carboxylic acids is 1. The van der Waals surface area contributed by atoms with E-state index < -0.39 is 18.5 Å². The maximum absolute atomic E-state index is 12.7. The SMILES string of the molecule is COC(=O)c1ccc(COc2ccc(C=CC(=O)c3ccc(OCC(=O)O)c(OC)c3)cc2OC)cc1. The van der Waals surface area contributed by atoms with E-state index in [1.54, 1.807) is 48.5 Å². The topological polar surface area (TPSA) is 118 Å². The van der Waals surface area contributed by atoms with Crippen molar-refractivity contribution in [3.63, 3.8) is 0 Å². The minimum atomic E-state index is -1.12. The second kappa shape index (κ2) is 12.8. The van der Waals surface area contributed by atoms with E-state index in [4.69, 9.17) is 28.8 Å². The highest BCUT2D eigenvalue weighted by atomic mass is 16.5. The summed E-state index contributed by atoms with van der Waals surface area (Å²) in [6.45, 7) is -0.258. The predicted molar refractivity (Wildman–Crippen MR) is 135 cm³/mol. The zero-order valence-corrected chi connectivity index (χ0v) is 20.6. The number of ether oxygens (including phenoxy) is 5. The summed E-state index contributed by atoms with van der Waals surface area (Å²) >= 11 is 0. The van der Waals surface area contributed by atoms with Crippen LogP contribution in [0.15, 0.2) is 66.7 Å². The summed E-state index contributed by atoms with van der Waals surface area (Å²) in [6, 6.07) is 16.7. The molecule has 0 saturated carbocycles. The molecule has 3 aromatic carbocycles. The first kappa shape index (κ1) is 26.8. The predicted octanol–water partition coefficient (Wildman–Crippen LogP) is 4.43. The van der Waals surface area contributed by atoms with Crippen molar-refractivity contribution in [2.24, 2.45) is 0 Å². The quantitative estimate of drug-likeness (QED) is 0.216. The van der Waals surface area contributed by atoms with Crippen molar-refractivity contribution >= 4 is 23.8 Å². The van der Waals surface area contributed by atoms with Crippen molar-refractivity contribution in [2.45, 2.75) is 6.61 Å². The van der Waals surface area contributed by atoms with Crippen LogP contribution in [-0.4, -0.2) is 50.8 Å². The molecule has 0 amide bonds. The Morgan fingerprint density at radius 1 is 0.757 bits per heavy atom. The monoisotopic (exact) mass is 506 g/mol. The average Bonchev–Trinajstić information content (AvgIpc) is 2.93. The molecule has 9 nitrogen and oxygen atoms in total. The third kappa shape index (κ3) is 7.35. The molecule has 37 heavy (non-hydrogen) atoms. The number of methoxy groups -OCH3 is 3. The Kier molecular flexibility index (Phi) is 9.26. The van der Waals surface area contributed by atoms with Gasteiger partial charge in [-0.15, -0.1) is 0 Å². The molecule has 0 aliphatic rings. The molecule has 3 aromatic rings. The second-order valence-electron chi connectivity index (χ2n) is 7.63. The number of benzene rings is 3. The van der Waals surface area contributed by atoms with Crippen LogP contribution in [0.4, 0.5) is 0 Å². The number of hydrogen-bond acceptors (Lipinski definition) is 8. The van der Waals surface area contributed by atoms with Gasteiger partial charge in [-0.1, -0.05) is 24.3 Å². The molecule has 0 heterocycles. The van der Waals surface area contributed by atoms with Gasteiger partial charge in [0.05, 0.1) is 26.9 Å². The van der Waals surface area contributed by atoms with Crippen LogP contribution in [0.5, 0.6) is 23.0 Å². The minimum absolute atomic E-state index is 0.227. The van der Waals surface area contributed by atoms with E-state index in [0.717, 1.165) is 5.56 Å². The molecule has 0 fully saturated rings. The van der Waals surface area contributed by atoms with Crippen molar-refractivity contribution in [2.75, 3.05) is 27.9 Å². The molecule has 3 rings (SSSR count). The van der Waals surface area contributed by atoms with Gasteiger partial charge in [0.15, 0.2) is 35.4 Å². The van der Waals surface area contributed by atoms with Gasteiger partial charge in [0.1, 0.15) is 6.61 Å². The van der Waals surface area contributed by atoms with E-state index in [1.807, 2.05) is 0 Å². The van der Waals surface area contributed by atoms with E-state index in [9.17, 15) is 14.4 Å². The number of carboxylic acid groups (broad SMARTS) is 1. The summed E-state index contributed by atoms with van der Waals surface area (Å²) in [5.41, 5.74) is 2.38. The van der Waals surface area contributed by atoms with Crippen LogP contribution in [0.2, 0.25) is 0 Å². The summed E-state index contributed by atoms with van der Waals surface area (Å²) in [5.74, 6) is -0.318. The Bertz CT molecular complexity index is 1290. The van der Waals surface area contributed by atoms with Crippen LogP contribution < -0.4 is 18.9 Å². The van der Waals surface area contributed by atoms with E-state index in [2.05, 4.69) is 0 Å². The lowest BCUT2D eigenvalue weighted by atomic mass is 10.1. The fraction of sp³-hybridized carbons (Fsp3) is 0.179. The number of carbonyl (C=O) groups is 3. The summed E-state index contributed by atoms with van der Waals surface area (Å²) in [4.78, 5) is 34.9. The summed E-state index contributed by atoms with van der Waals surface area (Å²) < 4.78 is 26.4. The number of carboxylic acids is 1. The van der Waals surface area contributed by atoms with Gasteiger partial charge >= 0.3 is 11.9 Å². The van der Waals surface area contributed by atoms with Crippen LogP contribution in [0, 0.1) is 0 Å². The smallest absolute Gasteiger partial charge is 0.341 e. The molecular formula is C28H26O9. The molecular weight excluding hydrogens is 480 g/mol. The van der Waals surface area contributed by atoms with E-state index in [0.29, 0.717) is 28.2 Å². The highest BCUT2D eigenvalue weighted by molar-refractivity contribution is 6.07.